The van der Waals surface area contributed by atoms with Gasteiger partial charge in [0.2, 0.25) is 39.4 Å². The van der Waals surface area contributed by atoms with Crippen LogP contribution >= 0.6 is 0 Å². The summed E-state index contributed by atoms with van der Waals surface area (Å²) in [5.41, 5.74) is 5.88. The van der Waals surface area contributed by atoms with Crippen molar-refractivity contribution >= 4 is 51.4 Å². The normalized spacial score (nSPS) is 18.7. The van der Waals surface area contributed by atoms with Gasteiger partial charge >= 0.3 is 6.09 Å². The number of hydrogen-bond donors (Lipinski definition) is 6. The number of carbonyl (C=O) groups excluding carboxylic acids is 7. The van der Waals surface area contributed by atoms with Crippen LogP contribution in [0.15, 0.2) is 65.6 Å². The first-order valence-electron chi connectivity index (χ1n) is 19.7. The molecule has 1 saturated heterocycles. The number of primary amides is 1. The predicted molar refractivity (Wildman–Crippen MR) is 212 cm³/mol. The molecule has 6 amide bonds. The molecule has 0 radical (unpaired) electrons. The zero-order chi connectivity index (χ0) is 42.4. The number of alkyl carbamates (subject to hydrolysis) is 1. The van der Waals surface area contributed by atoms with E-state index in [2.05, 4.69) is 26.0 Å². The molecule has 1 saturated carbocycles. The van der Waals surface area contributed by atoms with Crippen LogP contribution in [-0.2, 0) is 43.5 Å². The molecule has 4 rings (SSSR count). The molecule has 1 aliphatic heterocycles. The van der Waals surface area contributed by atoms with Gasteiger partial charge in [0.25, 0.3) is 5.91 Å². The minimum absolute atomic E-state index is 0.0145. The van der Waals surface area contributed by atoms with Crippen LogP contribution in [0.2, 0.25) is 0 Å². The van der Waals surface area contributed by atoms with Crippen LogP contribution in [0.4, 0.5) is 4.79 Å². The molecule has 2 aliphatic rings. The molecule has 17 nitrogen and oxygen atoms in total. The first-order chi connectivity index (χ1) is 27.6. The van der Waals surface area contributed by atoms with E-state index >= 15 is 0 Å². The second-order valence-corrected chi connectivity index (χ2v) is 16.8. The lowest BCUT2D eigenvalue weighted by Gasteiger charge is -2.34. The lowest BCUT2D eigenvalue weighted by Crippen LogP contribution is -2.58. The molecule has 18 heteroatoms. The number of Topliss-reactive ketones (excluding diaryl/α,β-unsaturated/α-hetero) is 1. The lowest BCUT2D eigenvalue weighted by molar-refractivity contribution is -0.143. The fourth-order valence-electron chi connectivity index (χ4n) is 7.15. The summed E-state index contributed by atoms with van der Waals surface area (Å²) in [5, 5.41) is 9.97. The van der Waals surface area contributed by atoms with Gasteiger partial charge in [-0.2, -0.15) is 0 Å². The van der Waals surface area contributed by atoms with Gasteiger partial charge in [-0.3, -0.25) is 28.8 Å². The van der Waals surface area contributed by atoms with E-state index in [0.29, 0.717) is 24.8 Å². The van der Waals surface area contributed by atoms with Gasteiger partial charge in [-0.25, -0.2) is 17.9 Å². The summed E-state index contributed by atoms with van der Waals surface area (Å²) < 4.78 is 34.7. The van der Waals surface area contributed by atoms with Gasteiger partial charge in [0.15, 0.2) is 0 Å². The summed E-state index contributed by atoms with van der Waals surface area (Å²) in [6, 6.07) is 9.90. The maximum atomic E-state index is 14.5. The zero-order valence-electron chi connectivity index (χ0n) is 33.1. The largest absolute Gasteiger partial charge is 0.449 e. The lowest BCUT2D eigenvalue weighted by atomic mass is 9.83. The van der Waals surface area contributed by atoms with Gasteiger partial charge in [0.1, 0.15) is 18.1 Å². The van der Waals surface area contributed by atoms with Gasteiger partial charge in [-0.1, -0.05) is 95.0 Å². The number of rotatable bonds is 19. The third-order valence-electron chi connectivity index (χ3n) is 10.0. The third kappa shape index (κ3) is 12.8. The molecule has 0 aromatic heterocycles. The fraction of sp³-hybridized carbons (Fsp3) is 0.525. The minimum Gasteiger partial charge on any atom is -0.449 e. The quantitative estimate of drug-likeness (QED) is 0.112. The predicted octanol–water partition coefficient (Wildman–Crippen LogP) is 1.58. The number of benzene rings is 2. The summed E-state index contributed by atoms with van der Waals surface area (Å²) in [7, 11) is -4.09. The monoisotopic (exact) mass is 825 g/mol. The maximum absolute atomic E-state index is 14.5. The van der Waals surface area contributed by atoms with Gasteiger partial charge in [0.05, 0.1) is 24.1 Å². The second kappa shape index (κ2) is 21.4. The van der Waals surface area contributed by atoms with Crippen LogP contribution in [-0.4, -0.2) is 98.6 Å². The van der Waals surface area contributed by atoms with E-state index in [1.165, 1.54) is 17.0 Å². The van der Waals surface area contributed by atoms with Crippen LogP contribution in [0.3, 0.4) is 0 Å². The minimum atomic E-state index is -4.09. The zero-order valence-corrected chi connectivity index (χ0v) is 33.9. The molecular formula is C40H55N7O10S. The summed E-state index contributed by atoms with van der Waals surface area (Å²) in [5.74, 6) is -5.56. The fourth-order valence-corrected chi connectivity index (χ4v) is 8.41. The molecule has 4 unspecified atom stereocenters. The Morgan fingerprint density at radius 3 is 2.12 bits per heavy atom. The number of hydrogen-bond acceptors (Lipinski definition) is 10. The number of likely N-dealkylation sites (tertiary alicyclic amines) is 1. The number of ether oxygens (including phenoxy) is 1. The second-order valence-electron chi connectivity index (χ2n) is 15.1. The molecule has 0 spiro atoms. The van der Waals surface area contributed by atoms with E-state index in [1.54, 1.807) is 55.5 Å². The van der Waals surface area contributed by atoms with E-state index in [0.717, 1.165) is 19.3 Å². The maximum Gasteiger partial charge on any atom is 0.407 e. The summed E-state index contributed by atoms with van der Waals surface area (Å²) in [6.07, 6.45) is 3.25. The van der Waals surface area contributed by atoms with Crippen molar-refractivity contribution in [2.24, 2.45) is 17.6 Å². The SMILES string of the molecule is CCCC(NC(=O)C1C[C@@H](NS(=O)(=O)c2ccccc2)CN1C(=O)C(NC(=O)OCC(C)C)C1CCCCC1)C(=O)C(=O)NCC(=O)NC(C(N)=O)c1ccccc1. The van der Waals surface area contributed by atoms with Crippen LogP contribution in [0.5, 0.6) is 0 Å². The molecule has 5 atom stereocenters. The van der Waals surface area contributed by atoms with Crippen molar-refractivity contribution in [1.29, 1.82) is 0 Å². The van der Waals surface area contributed by atoms with Crippen molar-refractivity contribution in [1.82, 2.24) is 30.9 Å². The van der Waals surface area contributed by atoms with Crippen molar-refractivity contribution in [2.45, 2.75) is 107 Å². The highest BCUT2D eigenvalue weighted by Crippen LogP contribution is 2.30. The highest BCUT2D eigenvalue weighted by atomic mass is 32.2. The molecule has 7 N–H and O–H groups in total. The van der Waals surface area contributed by atoms with E-state index in [-0.39, 0.29) is 42.7 Å². The molecule has 316 valence electrons. The van der Waals surface area contributed by atoms with E-state index in [9.17, 15) is 42.0 Å². The van der Waals surface area contributed by atoms with E-state index < -0.39 is 88.2 Å². The number of carbonyl (C=O) groups is 7. The molecular weight excluding hydrogens is 771 g/mol. The number of nitrogens with one attached hydrogen (secondary N) is 5. The van der Waals surface area contributed by atoms with Crippen molar-refractivity contribution in [3.05, 3.63) is 66.2 Å². The highest BCUT2D eigenvalue weighted by Gasteiger charge is 2.46. The number of sulfonamides is 1. The van der Waals surface area contributed by atoms with Gasteiger partial charge in [0, 0.05) is 12.6 Å². The van der Waals surface area contributed by atoms with Crippen molar-refractivity contribution < 1.29 is 46.7 Å². The van der Waals surface area contributed by atoms with Crippen molar-refractivity contribution in [3.63, 3.8) is 0 Å². The van der Waals surface area contributed by atoms with E-state index in [4.69, 9.17) is 10.5 Å². The Labute approximate surface area is 339 Å². The molecule has 0 bridgehead atoms. The molecule has 58 heavy (non-hydrogen) atoms. The van der Waals surface area contributed by atoms with Crippen molar-refractivity contribution in [2.75, 3.05) is 19.7 Å². The average Bonchev–Trinajstić information content (AvgIpc) is 3.63. The Hall–Kier alpha value is -5.36. The van der Waals surface area contributed by atoms with E-state index in [1.807, 2.05) is 13.8 Å². The summed E-state index contributed by atoms with van der Waals surface area (Å²) in [6.45, 7) is 4.66. The topological polar surface area (TPSA) is 252 Å². The third-order valence-corrected chi connectivity index (χ3v) is 11.6. The van der Waals surface area contributed by atoms with Crippen molar-refractivity contribution in [3.8, 4) is 0 Å². The van der Waals surface area contributed by atoms with Crippen LogP contribution in [0.1, 0.15) is 83.7 Å². The first-order valence-corrected chi connectivity index (χ1v) is 21.2. The summed E-state index contributed by atoms with van der Waals surface area (Å²) in [4.78, 5) is 94.1. The highest BCUT2D eigenvalue weighted by molar-refractivity contribution is 7.89. The number of ketones is 1. The van der Waals surface area contributed by atoms with Gasteiger partial charge in [-0.05, 0) is 55.2 Å². The Morgan fingerprint density at radius 1 is 0.879 bits per heavy atom. The number of amides is 6. The molecule has 2 aromatic rings. The Bertz CT molecular complexity index is 1870. The number of nitrogens with two attached hydrogens (primary N) is 1. The van der Waals surface area contributed by atoms with Gasteiger partial charge in [-0.15, -0.1) is 0 Å². The Morgan fingerprint density at radius 2 is 1.52 bits per heavy atom. The average molecular weight is 826 g/mol. The van der Waals surface area contributed by atoms with Crippen LogP contribution in [0.25, 0.3) is 0 Å². The van der Waals surface area contributed by atoms with Crippen LogP contribution < -0.4 is 31.7 Å². The van der Waals surface area contributed by atoms with Gasteiger partial charge < -0.3 is 36.6 Å². The Kier molecular flexibility index (Phi) is 16.7. The molecule has 2 aromatic carbocycles. The summed E-state index contributed by atoms with van der Waals surface area (Å²) >= 11 is 0. The molecule has 1 aliphatic carbocycles. The van der Waals surface area contributed by atoms with Crippen LogP contribution in [0, 0.1) is 11.8 Å². The number of nitrogens with zero attached hydrogens (tertiary/aromatic N) is 1. The molecule has 1 heterocycles. The smallest absolute Gasteiger partial charge is 0.407 e. The standard InChI is InChI=1S/C40H55N7O10S/c1-4-14-30(35(49)38(52)42-22-32(48)44-33(36(41)50)26-15-8-5-9-16-26)43-37(51)31-21-28(46-58(55,56)29-19-12-7-13-20-29)23-47(31)39(53)34(27-17-10-6-11-18-27)45-40(54)57-24-25(2)3/h5,7-9,12-13,15-16,19-20,25,27-28,30-31,33-34,46H,4,6,10-11,14,17-18,21-24H2,1-3H3,(H2,41,50)(H,42,52)(H,43,51)(H,44,48)(H,45,54)/t28-,30?,31?,33?,34?/m1/s1. The Balaban J connectivity index is 1.53. The first kappa shape index (κ1) is 45.3. The molecule has 2 fully saturated rings.